The Kier molecular flexibility index (Phi) is 3.12. The van der Waals surface area contributed by atoms with E-state index in [0.29, 0.717) is 0 Å². The normalized spacial score (nSPS) is 19.5. The third-order valence-electron chi connectivity index (χ3n) is 1.70. The fraction of sp³-hybridized carbons (Fsp3) is 0.400. The van der Waals surface area contributed by atoms with Crippen LogP contribution in [0.25, 0.3) is 0 Å². The molecule has 1 N–H and O–H groups in total. The number of allylic oxidation sites excluding steroid dienone is 6. The van der Waals surface area contributed by atoms with E-state index < -0.39 is 0 Å². The van der Waals surface area contributed by atoms with E-state index in [2.05, 4.69) is 12.2 Å². The zero-order chi connectivity index (χ0) is 8.10. The van der Waals surface area contributed by atoms with E-state index >= 15 is 0 Å². The molecule has 11 heavy (non-hydrogen) atoms. The Morgan fingerprint density at radius 2 is 2.45 bits per heavy atom. The number of aliphatic hydroxyl groups excluding tert-OH is 1. The number of hydrogen-bond acceptors (Lipinski definition) is 1. The second-order valence-corrected chi connectivity index (χ2v) is 2.58. The van der Waals surface area contributed by atoms with Gasteiger partial charge in [0.05, 0.1) is 0 Å². The molecular formula is C10H13O. The zero-order valence-corrected chi connectivity index (χ0v) is 6.80. The minimum atomic E-state index is 0.274. The van der Waals surface area contributed by atoms with Gasteiger partial charge in [-0.3, -0.25) is 0 Å². The van der Waals surface area contributed by atoms with Gasteiger partial charge in [0.25, 0.3) is 0 Å². The highest BCUT2D eigenvalue weighted by Gasteiger charge is 2.00. The lowest BCUT2D eigenvalue weighted by Crippen LogP contribution is -1.82. The van der Waals surface area contributed by atoms with Crippen LogP contribution < -0.4 is 0 Å². The standard InChI is InChI=1S/C10H13O/c1-2-9-5-6-10(8-9)4-3-7-11/h2,6,8,11H,3-4,7H2,1H3. The molecule has 0 spiro atoms. The molecule has 0 amide bonds. The van der Waals surface area contributed by atoms with Crippen molar-refractivity contribution in [2.24, 2.45) is 0 Å². The minimum absolute atomic E-state index is 0.274. The highest BCUT2D eigenvalue weighted by molar-refractivity contribution is 5.41. The van der Waals surface area contributed by atoms with Gasteiger partial charge in [0, 0.05) is 6.61 Å². The molecule has 1 heteroatoms. The first-order valence-corrected chi connectivity index (χ1v) is 3.94. The molecule has 0 atom stereocenters. The first-order valence-electron chi connectivity index (χ1n) is 3.94. The van der Waals surface area contributed by atoms with E-state index in [-0.39, 0.29) is 6.61 Å². The van der Waals surface area contributed by atoms with Gasteiger partial charge in [-0.15, -0.1) is 0 Å². The van der Waals surface area contributed by atoms with Crippen LogP contribution in [0.4, 0.5) is 0 Å². The van der Waals surface area contributed by atoms with Crippen LogP contribution in [0.5, 0.6) is 0 Å². The van der Waals surface area contributed by atoms with Gasteiger partial charge in [-0.25, -0.2) is 0 Å². The van der Waals surface area contributed by atoms with Crippen LogP contribution >= 0.6 is 0 Å². The summed E-state index contributed by atoms with van der Waals surface area (Å²) in [6.07, 6.45) is 11.1. The average molecular weight is 149 g/mol. The van der Waals surface area contributed by atoms with Crippen molar-refractivity contribution < 1.29 is 5.11 Å². The van der Waals surface area contributed by atoms with E-state index in [9.17, 15) is 0 Å². The predicted octanol–water partition coefficient (Wildman–Crippen LogP) is 2.00. The van der Waals surface area contributed by atoms with E-state index in [0.717, 1.165) is 18.4 Å². The second kappa shape index (κ2) is 4.14. The minimum Gasteiger partial charge on any atom is -0.396 e. The summed E-state index contributed by atoms with van der Waals surface area (Å²) in [5.74, 6) is 0. The summed E-state index contributed by atoms with van der Waals surface area (Å²) in [6, 6.07) is 0. The lowest BCUT2D eigenvalue weighted by atomic mass is 10.1. The topological polar surface area (TPSA) is 20.2 Å². The van der Waals surface area contributed by atoms with Gasteiger partial charge in [0.2, 0.25) is 0 Å². The maximum Gasteiger partial charge on any atom is 0.0434 e. The number of aliphatic hydroxyl groups is 1. The Bertz CT molecular complexity index is 209. The van der Waals surface area contributed by atoms with Crippen molar-refractivity contribution in [3.8, 4) is 0 Å². The van der Waals surface area contributed by atoms with E-state index in [4.69, 9.17) is 5.11 Å². The molecule has 0 aliphatic heterocycles. The molecule has 59 valence electrons. The van der Waals surface area contributed by atoms with Crippen molar-refractivity contribution in [1.82, 2.24) is 0 Å². The Labute approximate surface area is 67.7 Å². The summed E-state index contributed by atoms with van der Waals surface area (Å²) in [7, 11) is 0. The van der Waals surface area contributed by atoms with Gasteiger partial charge in [0.1, 0.15) is 0 Å². The van der Waals surface area contributed by atoms with Crippen LogP contribution in [0.2, 0.25) is 0 Å². The molecule has 0 unspecified atom stereocenters. The van der Waals surface area contributed by atoms with Crippen LogP contribution in [0, 0.1) is 6.08 Å². The molecular weight excluding hydrogens is 136 g/mol. The first kappa shape index (κ1) is 8.28. The van der Waals surface area contributed by atoms with Gasteiger partial charge in [0.15, 0.2) is 0 Å². The van der Waals surface area contributed by atoms with Crippen molar-refractivity contribution in [3.05, 3.63) is 35.5 Å². The van der Waals surface area contributed by atoms with Crippen LogP contribution in [0.1, 0.15) is 19.8 Å². The molecule has 1 radical (unpaired) electrons. The molecule has 1 aliphatic rings. The summed E-state index contributed by atoms with van der Waals surface area (Å²) in [5.41, 5.74) is 2.42. The third kappa shape index (κ3) is 2.35. The zero-order valence-electron chi connectivity index (χ0n) is 6.80. The van der Waals surface area contributed by atoms with Gasteiger partial charge in [-0.1, -0.05) is 18.2 Å². The fourth-order valence-electron chi connectivity index (χ4n) is 1.05. The highest BCUT2D eigenvalue weighted by atomic mass is 16.2. The molecule has 0 fully saturated rings. The van der Waals surface area contributed by atoms with Gasteiger partial charge in [-0.05, 0) is 37.0 Å². The molecule has 1 nitrogen and oxygen atoms in total. The molecule has 0 heterocycles. The molecule has 0 aromatic rings. The summed E-state index contributed by atoms with van der Waals surface area (Å²) in [4.78, 5) is 0. The average Bonchev–Trinajstić information content (AvgIpc) is 2.48. The van der Waals surface area contributed by atoms with Crippen molar-refractivity contribution >= 4 is 0 Å². The van der Waals surface area contributed by atoms with Crippen molar-refractivity contribution in [3.63, 3.8) is 0 Å². The molecule has 0 saturated carbocycles. The highest BCUT2D eigenvalue weighted by Crippen LogP contribution is 2.17. The monoisotopic (exact) mass is 149 g/mol. The molecule has 1 rings (SSSR count). The summed E-state index contributed by atoms with van der Waals surface area (Å²) < 4.78 is 0. The van der Waals surface area contributed by atoms with Crippen molar-refractivity contribution in [2.75, 3.05) is 6.61 Å². The fourth-order valence-corrected chi connectivity index (χ4v) is 1.05. The summed E-state index contributed by atoms with van der Waals surface area (Å²) in [5, 5.41) is 8.57. The van der Waals surface area contributed by atoms with Crippen molar-refractivity contribution in [2.45, 2.75) is 19.8 Å². The molecule has 0 saturated heterocycles. The van der Waals surface area contributed by atoms with Crippen LogP contribution in [0.3, 0.4) is 0 Å². The molecule has 0 aromatic heterocycles. The predicted molar refractivity (Wildman–Crippen MR) is 46.0 cm³/mol. The van der Waals surface area contributed by atoms with Crippen LogP contribution in [0.15, 0.2) is 29.4 Å². The van der Waals surface area contributed by atoms with Gasteiger partial charge in [-0.2, -0.15) is 0 Å². The third-order valence-corrected chi connectivity index (χ3v) is 1.70. The van der Waals surface area contributed by atoms with Gasteiger partial charge < -0.3 is 5.11 Å². The first-order chi connectivity index (χ1) is 5.36. The second-order valence-electron chi connectivity index (χ2n) is 2.58. The SMILES string of the molecule is CC=C1[C]=CC(CCCO)=C1. The molecule has 0 bridgehead atoms. The van der Waals surface area contributed by atoms with Gasteiger partial charge >= 0.3 is 0 Å². The Morgan fingerprint density at radius 1 is 1.64 bits per heavy atom. The lowest BCUT2D eigenvalue weighted by molar-refractivity contribution is 0.289. The Balaban J connectivity index is 2.44. The summed E-state index contributed by atoms with van der Waals surface area (Å²) >= 11 is 0. The van der Waals surface area contributed by atoms with E-state index in [1.807, 2.05) is 19.1 Å². The Hall–Kier alpha value is -0.820. The summed E-state index contributed by atoms with van der Waals surface area (Å²) in [6.45, 7) is 2.28. The van der Waals surface area contributed by atoms with E-state index in [1.54, 1.807) is 0 Å². The largest absolute Gasteiger partial charge is 0.396 e. The molecule has 0 aromatic carbocycles. The van der Waals surface area contributed by atoms with Crippen LogP contribution in [-0.4, -0.2) is 11.7 Å². The van der Waals surface area contributed by atoms with Crippen LogP contribution in [-0.2, 0) is 0 Å². The smallest absolute Gasteiger partial charge is 0.0434 e. The lowest BCUT2D eigenvalue weighted by Gasteiger charge is -1.94. The maximum absolute atomic E-state index is 8.57. The van der Waals surface area contributed by atoms with E-state index in [1.165, 1.54) is 5.57 Å². The van der Waals surface area contributed by atoms with Crippen molar-refractivity contribution in [1.29, 1.82) is 0 Å². The number of hydrogen-bond donors (Lipinski definition) is 1. The Morgan fingerprint density at radius 3 is 3.00 bits per heavy atom. The molecule has 1 aliphatic carbocycles. The number of rotatable bonds is 3. The maximum atomic E-state index is 8.57. The quantitative estimate of drug-likeness (QED) is 0.650.